The molecule has 0 aliphatic carbocycles. The van der Waals surface area contributed by atoms with Gasteiger partial charge in [-0.3, -0.25) is 18.6 Å². The number of hydrogen-bond acceptors (Lipinski definition) is 9. The number of unbranched alkanes of at least 4 members (excludes halogenated alkanes) is 20. The van der Waals surface area contributed by atoms with Crippen LogP contribution in [0.2, 0.25) is 0 Å². The lowest BCUT2D eigenvalue weighted by molar-refractivity contribution is -0.160. The van der Waals surface area contributed by atoms with Crippen LogP contribution in [0.1, 0.15) is 168 Å². The van der Waals surface area contributed by atoms with Crippen molar-refractivity contribution in [3.8, 4) is 0 Å². The number of carbonyl (C=O) groups excluding carboxylic acids is 2. The Bertz CT molecular complexity index is 807. The predicted molar refractivity (Wildman–Crippen MR) is 187 cm³/mol. The molecule has 0 aromatic rings. The fourth-order valence-corrected chi connectivity index (χ4v) is 5.82. The van der Waals surface area contributed by atoms with Crippen molar-refractivity contribution in [3.63, 3.8) is 0 Å². The van der Waals surface area contributed by atoms with Gasteiger partial charge in [-0.15, -0.1) is 0 Å². The van der Waals surface area contributed by atoms with Crippen LogP contribution in [0, 0.1) is 0 Å². The zero-order valence-corrected chi connectivity index (χ0v) is 30.6. The molecule has 47 heavy (non-hydrogen) atoms. The van der Waals surface area contributed by atoms with Crippen LogP contribution in [0.3, 0.4) is 0 Å². The predicted octanol–water partition coefficient (Wildman–Crippen LogP) is 8.89. The van der Waals surface area contributed by atoms with Crippen molar-refractivity contribution in [3.05, 3.63) is 12.2 Å². The van der Waals surface area contributed by atoms with Gasteiger partial charge in [0.1, 0.15) is 12.7 Å². The normalized spacial score (nSPS) is 14.2. The summed E-state index contributed by atoms with van der Waals surface area (Å²) in [7, 11) is -4.61. The Balaban J connectivity index is 4.42. The van der Waals surface area contributed by atoms with Gasteiger partial charge in [-0.2, -0.15) is 0 Å². The summed E-state index contributed by atoms with van der Waals surface area (Å²) < 4.78 is 32.4. The minimum Gasteiger partial charge on any atom is -0.461 e. The summed E-state index contributed by atoms with van der Waals surface area (Å²) in [6.45, 7) is 2.30. The first kappa shape index (κ1) is 45.7. The number of rotatable bonds is 35. The molecule has 0 spiro atoms. The molecule has 0 saturated heterocycles. The van der Waals surface area contributed by atoms with E-state index in [1.54, 1.807) is 6.08 Å². The second kappa shape index (κ2) is 33.2. The number of esters is 2. The first-order chi connectivity index (χ1) is 22.7. The van der Waals surface area contributed by atoms with Crippen molar-refractivity contribution >= 4 is 19.8 Å². The van der Waals surface area contributed by atoms with Gasteiger partial charge in [0.05, 0.1) is 26.2 Å². The van der Waals surface area contributed by atoms with Crippen molar-refractivity contribution in [2.24, 2.45) is 0 Å². The van der Waals surface area contributed by atoms with Crippen LogP contribution in [0.15, 0.2) is 12.2 Å². The van der Waals surface area contributed by atoms with E-state index in [2.05, 4.69) is 18.4 Å². The van der Waals surface area contributed by atoms with Crippen molar-refractivity contribution in [1.29, 1.82) is 0 Å². The fraction of sp³-hybridized carbons (Fsp3) is 0.889. The minimum atomic E-state index is -4.61. The van der Waals surface area contributed by atoms with Gasteiger partial charge < -0.3 is 24.6 Å². The molecule has 1 unspecified atom stereocenters. The molecule has 10 nitrogen and oxygen atoms in total. The molecule has 0 saturated carbocycles. The molecule has 0 aromatic heterocycles. The van der Waals surface area contributed by atoms with E-state index in [0.29, 0.717) is 6.42 Å². The van der Waals surface area contributed by atoms with E-state index >= 15 is 0 Å². The quantitative estimate of drug-likeness (QED) is 0.0254. The molecule has 278 valence electrons. The Hall–Kier alpha value is -1.29. The second-order valence-electron chi connectivity index (χ2n) is 12.6. The summed E-state index contributed by atoms with van der Waals surface area (Å²) >= 11 is 0. The van der Waals surface area contributed by atoms with Crippen LogP contribution in [0.4, 0.5) is 0 Å². The first-order valence-corrected chi connectivity index (χ1v) is 20.1. The Labute approximate surface area is 286 Å². The molecule has 0 fully saturated rings. The van der Waals surface area contributed by atoms with Crippen LogP contribution in [-0.4, -0.2) is 65.7 Å². The van der Waals surface area contributed by atoms with Crippen molar-refractivity contribution in [2.75, 3.05) is 26.4 Å². The number of carbonyl (C=O) groups is 2. The number of ether oxygens (including phenoxy) is 2. The van der Waals surface area contributed by atoms with E-state index in [1.807, 2.05) is 6.08 Å². The minimum absolute atomic E-state index is 0.0676. The maximum atomic E-state index is 12.5. The van der Waals surface area contributed by atoms with Gasteiger partial charge in [-0.05, 0) is 19.3 Å². The van der Waals surface area contributed by atoms with E-state index < -0.39 is 51.8 Å². The molecule has 0 rings (SSSR count). The highest BCUT2D eigenvalue weighted by atomic mass is 31.2. The lowest BCUT2D eigenvalue weighted by atomic mass is 10.0. The van der Waals surface area contributed by atoms with Crippen molar-refractivity contribution in [2.45, 2.75) is 180 Å². The second-order valence-corrected chi connectivity index (χ2v) is 14.1. The highest BCUT2D eigenvalue weighted by Gasteiger charge is 2.27. The zero-order chi connectivity index (χ0) is 34.9. The van der Waals surface area contributed by atoms with E-state index in [-0.39, 0.29) is 19.4 Å². The highest BCUT2D eigenvalue weighted by molar-refractivity contribution is 7.47. The molecule has 0 bridgehead atoms. The number of aliphatic hydroxyl groups excluding tert-OH is 2. The first-order valence-electron chi connectivity index (χ1n) is 18.6. The third-order valence-corrected chi connectivity index (χ3v) is 8.90. The molecule has 0 amide bonds. The third kappa shape index (κ3) is 33.0. The van der Waals surface area contributed by atoms with Gasteiger partial charge in [0.2, 0.25) is 0 Å². The van der Waals surface area contributed by atoms with Crippen molar-refractivity contribution < 1.29 is 47.8 Å². The maximum absolute atomic E-state index is 12.5. The Kier molecular flexibility index (Phi) is 32.3. The van der Waals surface area contributed by atoms with Gasteiger partial charge in [0, 0.05) is 6.42 Å². The molecule has 0 aliphatic heterocycles. The summed E-state index contributed by atoms with van der Waals surface area (Å²) in [6, 6.07) is 0. The number of phosphoric ester groups is 1. The standard InChI is InChI=1S/C36H69O10P/c1-3-5-7-9-11-13-15-16-18-20-22-24-26-28-36(40)46-34(32-45-47(41,42)44-30-33(38)29-37)31-43-35(39)27-25-23-21-19-17-14-12-10-8-6-4-2/h23,25,33-34,37-38H,3-22,24,26-32H2,1-2H3,(H,41,42)/b25-23-/t33-,34+/m0/s1. The molecule has 11 heteroatoms. The van der Waals surface area contributed by atoms with Gasteiger partial charge in [0.15, 0.2) is 6.10 Å². The van der Waals surface area contributed by atoms with E-state index in [0.717, 1.165) is 32.1 Å². The Morgan fingerprint density at radius 1 is 0.638 bits per heavy atom. The summed E-state index contributed by atoms with van der Waals surface area (Å²) in [5.41, 5.74) is 0. The Morgan fingerprint density at radius 2 is 1.11 bits per heavy atom. The number of aliphatic hydroxyl groups is 2. The largest absolute Gasteiger partial charge is 0.472 e. The van der Waals surface area contributed by atoms with Crippen LogP contribution in [0.5, 0.6) is 0 Å². The van der Waals surface area contributed by atoms with Crippen LogP contribution < -0.4 is 0 Å². The zero-order valence-electron chi connectivity index (χ0n) is 29.8. The number of allylic oxidation sites excluding steroid dienone is 1. The van der Waals surface area contributed by atoms with Crippen LogP contribution >= 0.6 is 7.82 Å². The monoisotopic (exact) mass is 692 g/mol. The lowest BCUT2D eigenvalue weighted by Crippen LogP contribution is -2.29. The SMILES string of the molecule is CCCCCCCCCC/C=C\CC(=O)OC[C@H](COP(=O)(O)OC[C@@H](O)CO)OC(=O)CCCCCCCCCCCCCCC. The summed E-state index contributed by atoms with van der Waals surface area (Å²) in [5.74, 6) is -1.02. The van der Waals surface area contributed by atoms with E-state index in [4.69, 9.17) is 19.1 Å². The number of hydrogen-bond donors (Lipinski definition) is 3. The maximum Gasteiger partial charge on any atom is 0.472 e. The van der Waals surface area contributed by atoms with Gasteiger partial charge in [-0.1, -0.05) is 148 Å². The summed E-state index contributed by atoms with van der Waals surface area (Å²) in [4.78, 5) is 34.7. The van der Waals surface area contributed by atoms with E-state index in [9.17, 15) is 24.2 Å². The summed E-state index contributed by atoms with van der Waals surface area (Å²) in [5, 5.41) is 18.2. The van der Waals surface area contributed by atoms with Crippen LogP contribution in [0.25, 0.3) is 0 Å². The molecule has 0 aromatic carbocycles. The molecule has 0 aliphatic rings. The molecule has 3 N–H and O–H groups in total. The lowest BCUT2D eigenvalue weighted by Gasteiger charge is -2.20. The molecular weight excluding hydrogens is 623 g/mol. The number of phosphoric acid groups is 1. The Morgan fingerprint density at radius 3 is 1.62 bits per heavy atom. The molecular formula is C36H69O10P. The van der Waals surface area contributed by atoms with Crippen molar-refractivity contribution in [1.82, 2.24) is 0 Å². The van der Waals surface area contributed by atoms with Crippen LogP contribution in [-0.2, 0) is 32.7 Å². The topological polar surface area (TPSA) is 149 Å². The average Bonchev–Trinajstić information content (AvgIpc) is 3.05. The van der Waals surface area contributed by atoms with Gasteiger partial charge in [-0.25, -0.2) is 4.57 Å². The van der Waals surface area contributed by atoms with E-state index in [1.165, 1.54) is 103 Å². The smallest absolute Gasteiger partial charge is 0.461 e. The molecule has 3 atom stereocenters. The highest BCUT2D eigenvalue weighted by Crippen LogP contribution is 2.43. The fourth-order valence-electron chi connectivity index (χ4n) is 5.03. The van der Waals surface area contributed by atoms with Gasteiger partial charge >= 0.3 is 19.8 Å². The third-order valence-electron chi connectivity index (χ3n) is 7.95. The van der Waals surface area contributed by atoms with Gasteiger partial charge in [0.25, 0.3) is 0 Å². The molecule has 0 radical (unpaired) electrons. The molecule has 0 heterocycles. The average molecular weight is 693 g/mol. The summed E-state index contributed by atoms with van der Waals surface area (Å²) in [6.07, 6.45) is 27.8.